The van der Waals surface area contributed by atoms with E-state index in [2.05, 4.69) is 24.7 Å². The molecule has 0 unspecified atom stereocenters. The molecule has 176 valence electrons. The van der Waals surface area contributed by atoms with Crippen LogP contribution in [0.3, 0.4) is 0 Å². The summed E-state index contributed by atoms with van der Waals surface area (Å²) < 4.78 is 35.9. The number of sulfonamides is 1. The highest BCUT2D eigenvalue weighted by Gasteiger charge is 2.26. The van der Waals surface area contributed by atoms with E-state index in [0.29, 0.717) is 17.3 Å². The fourth-order valence-corrected chi connectivity index (χ4v) is 3.41. The minimum Gasteiger partial charge on any atom is -0.487 e. The van der Waals surface area contributed by atoms with Gasteiger partial charge in [0.05, 0.1) is 24.0 Å². The maximum absolute atomic E-state index is 12.3. The molecule has 0 aliphatic heterocycles. The molecule has 2 heterocycles. The van der Waals surface area contributed by atoms with Crippen LogP contribution < -0.4 is 19.8 Å². The molecule has 10 nitrogen and oxygen atoms in total. The van der Waals surface area contributed by atoms with Crippen molar-refractivity contribution in [2.24, 2.45) is 0 Å². The van der Waals surface area contributed by atoms with Crippen molar-refractivity contribution >= 4 is 27.6 Å². The fraction of sp³-hybridized carbons (Fsp3) is 0.333. The van der Waals surface area contributed by atoms with Crippen molar-refractivity contribution < 1.29 is 17.9 Å². The summed E-state index contributed by atoms with van der Waals surface area (Å²) in [6, 6.07) is 8.98. The molecule has 2 aromatic heterocycles. The zero-order valence-electron chi connectivity index (χ0n) is 18.3. The largest absolute Gasteiger partial charge is 0.487 e. The summed E-state index contributed by atoms with van der Waals surface area (Å²) in [4.78, 5) is 27.4. The standard InChI is InChI=1S/C21H24ClN5O5S/c1-21(2,19-24-12-17(18(28)26-19)31-11-9-22)14-4-6-16(7-5-14)32-13-15-8-10-23-20(25-15)27-33(3,29)30/h4-8,10,12H,9,11,13H2,1-3H3,(H,23,25,27)(H,24,26,28). The van der Waals surface area contributed by atoms with E-state index >= 15 is 0 Å². The first-order valence-corrected chi connectivity index (χ1v) is 12.3. The Kier molecular flexibility index (Phi) is 7.54. The van der Waals surface area contributed by atoms with Crippen molar-refractivity contribution in [3.63, 3.8) is 0 Å². The van der Waals surface area contributed by atoms with Gasteiger partial charge in [0.2, 0.25) is 21.7 Å². The van der Waals surface area contributed by atoms with Gasteiger partial charge in [-0.25, -0.2) is 23.4 Å². The molecule has 0 spiro atoms. The van der Waals surface area contributed by atoms with E-state index in [1.807, 2.05) is 26.0 Å². The maximum Gasteiger partial charge on any atom is 0.293 e. The maximum atomic E-state index is 12.3. The molecular weight excluding hydrogens is 470 g/mol. The third kappa shape index (κ3) is 6.65. The van der Waals surface area contributed by atoms with Crippen LogP contribution in [0.1, 0.15) is 30.9 Å². The quantitative estimate of drug-likeness (QED) is 0.411. The Bertz CT molecular complexity index is 1260. The summed E-state index contributed by atoms with van der Waals surface area (Å²) in [5, 5.41) is 0. The Labute approximate surface area is 196 Å². The van der Waals surface area contributed by atoms with Crippen molar-refractivity contribution in [2.75, 3.05) is 23.5 Å². The van der Waals surface area contributed by atoms with Crippen LogP contribution in [-0.2, 0) is 22.0 Å². The third-order valence-corrected chi connectivity index (χ3v) is 5.35. The molecule has 0 bridgehead atoms. The van der Waals surface area contributed by atoms with Crippen molar-refractivity contribution in [2.45, 2.75) is 25.9 Å². The molecular formula is C21H24ClN5O5S. The number of alkyl halides is 1. The van der Waals surface area contributed by atoms with E-state index in [0.717, 1.165) is 11.8 Å². The normalized spacial score (nSPS) is 11.8. The van der Waals surface area contributed by atoms with Gasteiger partial charge in [0.1, 0.15) is 24.8 Å². The van der Waals surface area contributed by atoms with Crippen LogP contribution >= 0.6 is 11.6 Å². The Morgan fingerprint density at radius 2 is 1.85 bits per heavy atom. The van der Waals surface area contributed by atoms with Crippen molar-refractivity contribution in [3.8, 4) is 11.5 Å². The number of aromatic nitrogens is 4. The summed E-state index contributed by atoms with van der Waals surface area (Å²) in [7, 11) is -3.47. The predicted molar refractivity (Wildman–Crippen MR) is 124 cm³/mol. The van der Waals surface area contributed by atoms with Crippen LogP contribution in [0.2, 0.25) is 0 Å². The SMILES string of the molecule is CC(C)(c1ccc(OCc2ccnc(NS(C)(=O)=O)n2)cc1)c1ncc(OCCCl)c(=O)[nH]1. The lowest BCUT2D eigenvalue weighted by Gasteiger charge is -2.24. The van der Waals surface area contributed by atoms with Gasteiger partial charge in [-0.3, -0.25) is 9.52 Å². The highest BCUT2D eigenvalue weighted by molar-refractivity contribution is 7.91. The molecule has 33 heavy (non-hydrogen) atoms. The Balaban J connectivity index is 1.69. The number of nitrogens with one attached hydrogen (secondary N) is 2. The molecule has 3 aromatic rings. The molecule has 0 aliphatic rings. The predicted octanol–water partition coefficient (Wildman–Crippen LogP) is 2.45. The zero-order chi connectivity index (χ0) is 24.1. The van der Waals surface area contributed by atoms with Gasteiger partial charge in [-0.2, -0.15) is 0 Å². The lowest BCUT2D eigenvalue weighted by atomic mass is 9.83. The number of hydrogen-bond acceptors (Lipinski definition) is 8. The molecule has 2 N–H and O–H groups in total. The molecule has 0 amide bonds. The third-order valence-electron chi connectivity index (χ3n) is 4.65. The van der Waals surface area contributed by atoms with Crippen LogP contribution in [0.4, 0.5) is 5.95 Å². The van der Waals surface area contributed by atoms with Gasteiger partial charge >= 0.3 is 0 Å². The summed E-state index contributed by atoms with van der Waals surface area (Å²) >= 11 is 5.59. The number of anilines is 1. The van der Waals surface area contributed by atoms with E-state index in [-0.39, 0.29) is 36.4 Å². The molecule has 0 fully saturated rings. The van der Waals surface area contributed by atoms with Gasteiger partial charge in [0.25, 0.3) is 5.56 Å². The van der Waals surface area contributed by atoms with Crippen molar-refractivity contribution in [1.82, 2.24) is 19.9 Å². The number of nitrogens with zero attached hydrogens (tertiary/aromatic N) is 3. The highest BCUT2D eigenvalue weighted by atomic mass is 35.5. The van der Waals surface area contributed by atoms with E-state index in [9.17, 15) is 13.2 Å². The Hall–Kier alpha value is -3.18. The second-order valence-electron chi connectivity index (χ2n) is 7.65. The smallest absolute Gasteiger partial charge is 0.293 e. The van der Waals surface area contributed by atoms with Crippen molar-refractivity contribution in [1.29, 1.82) is 0 Å². The summed E-state index contributed by atoms with van der Waals surface area (Å²) in [5.74, 6) is 1.47. The van der Waals surface area contributed by atoms with Crippen LogP contribution in [0.5, 0.6) is 11.5 Å². The van der Waals surface area contributed by atoms with Gasteiger partial charge in [-0.15, -0.1) is 11.6 Å². The number of rotatable bonds is 10. The average molecular weight is 494 g/mol. The summed E-state index contributed by atoms with van der Waals surface area (Å²) in [6.45, 7) is 4.23. The average Bonchev–Trinajstić information content (AvgIpc) is 2.76. The van der Waals surface area contributed by atoms with Gasteiger partial charge in [0.15, 0.2) is 0 Å². The molecule has 0 saturated heterocycles. The van der Waals surface area contributed by atoms with E-state index in [1.165, 1.54) is 12.4 Å². The number of H-pyrrole nitrogens is 1. The molecule has 12 heteroatoms. The van der Waals surface area contributed by atoms with Gasteiger partial charge in [0, 0.05) is 11.6 Å². The topological polar surface area (TPSA) is 136 Å². The molecule has 0 radical (unpaired) electrons. The second kappa shape index (κ2) is 10.2. The lowest BCUT2D eigenvalue weighted by molar-refractivity contribution is 0.301. The van der Waals surface area contributed by atoms with Crippen LogP contribution in [-0.4, -0.2) is 47.1 Å². The first kappa shape index (κ1) is 24.5. The number of halogens is 1. The number of aromatic amines is 1. The van der Waals surface area contributed by atoms with Crippen LogP contribution in [0, 0.1) is 0 Å². The van der Waals surface area contributed by atoms with Crippen molar-refractivity contribution in [3.05, 3.63) is 70.2 Å². The molecule has 0 atom stereocenters. The summed E-state index contributed by atoms with van der Waals surface area (Å²) in [6.07, 6.45) is 3.87. The molecule has 0 aliphatic carbocycles. The van der Waals surface area contributed by atoms with Crippen LogP contribution in [0.15, 0.2) is 47.5 Å². The number of ether oxygens (including phenoxy) is 2. The van der Waals surface area contributed by atoms with E-state index < -0.39 is 15.4 Å². The highest BCUT2D eigenvalue weighted by Crippen LogP contribution is 2.30. The van der Waals surface area contributed by atoms with Gasteiger partial charge in [-0.1, -0.05) is 12.1 Å². The minimum atomic E-state index is -3.47. The van der Waals surface area contributed by atoms with Gasteiger partial charge in [-0.05, 0) is 37.6 Å². The van der Waals surface area contributed by atoms with Crippen LogP contribution in [0.25, 0.3) is 0 Å². The second-order valence-corrected chi connectivity index (χ2v) is 9.77. The number of benzene rings is 1. The molecule has 0 saturated carbocycles. The number of hydrogen-bond donors (Lipinski definition) is 2. The minimum absolute atomic E-state index is 0.0173. The monoisotopic (exact) mass is 493 g/mol. The van der Waals surface area contributed by atoms with E-state index in [1.54, 1.807) is 18.2 Å². The van der Waals surface area contributed by atoms with E-state index in [4.69, 9.17) is 21.1 Å². The molecule has 1 aromatic carbocycles. The Morgan fingerprint density at radius 3 is 2.48 bits per heavy atom. The first-order valence-electron chi connectivity index (χ1n) is 9.90. The Morgan fingerprint density at radius 1 is 1.12 bits per heavy atom. The summed E-state index contributed by atoms with van der Waals surface area (Å²) in [5.41, 5.74) is 0.474. The fourth-order valence-electron chi connectivity index (χ4n) is 2.91. The zero-order valence-corrected chi connectivity index (χ0v) is 19.9. The first-order chi connectivity index (χ1) is 15.6. The molecule has 3 rings (SSSR count). The lowest BCUT2D eigenvalue weighted by Crippen LogP contribution is -2.26. The van der Waals surface area contributed by atoms with Gasteiger partial charge < -0.3 is 14.5 Å².